The summed E-state index contributed by atoms with van der Waals surface area (Å²) in [5.74, 6) is 1.79. The normalized spacial score (nSPS) is 22.7. The van der Waals surface area contributed by atoms with Gasteiger partial charge in [0.15, 0.2) is 0 Å². The van der Waals surface area contributed by atoms with E-state index in [4.69, 9.17) is 14.2 Å². The molecule has 2 heterocycles. The fourth-order valence-corrected chi connectivity index (χ4v) is 3.81. The minimum atomic E-state index is -0.124. The summed E-state index contributed by atoms with van der Waals surface area (Å²) in [5, 5.41) is 0. The summed E-state index contributed by atoms with van der Waals surface area (Å²) in [6.07, 6.45) is 1.96. The molecule has 2 saturated heterocycles. The maximum Gasteiger partial charge on any atom is 0.240 e. The second kappa shape index (κ2) is 8.06. The Morgan fingerprint density at radius 2 is 1.96 bits per heavy atom. The van der Waals surface area contributed by atoms with Crippen LogP contribution in [0.1, 0.15) is 31.4 Å². The van der Waals surface area contributed by atoms with Gasteiger partial charge in [-0.25, -0.2) is 0 Å². The molecule has 2 atom stereocenters. The highest BCUT2D eigenvalue weighted by Gasteiger charge is 2.36. The van der Waals surface area contributed by atoms with Crippen LogP contribution in [-0.4, -0.2) is 68.8 Å². The fraction of sp³-hybridized carbons (Fsp3) is 0.632. The summed E-state index contributed by atoms with van der Waals surface area (Å²) in [5.41, 5.74) is 1.03. The van der Waals surface area contributed by atoms with E-state index in [0.717, 1.165) is 49.5 Å². The van der Waals surface area contributed by atoms with Crippen LogP contribution >= 0.6 is 0 Å². The van der Waals surface area contributed by atoms with Crippen LogP contribution in [0.25, 0.3) is 0 Å². The topological polar surface area (TPSA) is 51.2 Å². The fourth-order valence-electron chi connectivity index (χ4n) is 3.81. The Labute approximate surface area is 149 Å². The van der Waals surface area contributed by atoms with Crippen LogP contribution in [0.2, 0.25) is 0 Å². The number of hydrogen-bond donors (Lipinski definition) is 0. The molecule has 2 aliphatic heterocycles. The molecule has 0 aromatic heterocycles. The standard InChI is InChI=1S/C19H28N2O4/c1-14(20-9-11-25-12-10-20)19(22)21-8-4-5-17(21)16-13-15(23-2)6-7-18(16)24-3/h6-7,13-14,17H,4-5,8-12H2,1-3H3. The number of rotatable bonds is 5. The van der Waals surface area contributed by atoms with Gasteiger partial charge < -0.3 is 19.1 Å². The second-order valence-corrected chi connectivity index (χ2v) is 6.62. The van der Waals surface area contributed by atoms with E-state index in [2.05, 4.69) is 4.90 Å². The molecule has 6 nitrogen and oxygen atoms in total. The van der Waals surface area contributed by atoms with Crippen molar-refractivity contribution in [2.75, 3.05) is 47.1 Å². The smallest absolute Gasteiger partial charge is 0.240 e. The number of carbonyl (C=O) groups is 1. The molecule has 2 aliphatic rings. The molecule has 0 bridgehead atoms. The zero-order valence-corrected chi connectivity index (χ0v) is 15.4. The van der Waals surface area contributed by atoms with Gasteiger partial charge in [0.25, 0.3) is 0 Å². The van der Waals surface area contributed by atoms with Crippen molar-refractivity contribution in [3.05, 3.63) is 23.8 Å². The number of methoxy groups -OCH3 is 2. The third-order valence-electron chi connectivity index (χ3n) is 5.28. The van der Waals surface area contributed by atoms with E-state index >= 15 is 0 Å². The van der Waals surface area contributed by atoms with Gasteiger partial charge in [0.1, 0.15) is 11.5 Å². The quantitative estimate of drug-likeness (QED) is 0.816. The number of amides is 1. The number of carbonyl (C=O) groups excluding carboxylic acids is 1. The Morgan fingerprint density at radius 1 is 1.20 bits per heavy atom. The molecule has 0 spiro atoms. The maximum absolute atomic E-state index is 13.2. The SMILES string of the molecule is COc1ccc(OC)c(C2CCCN2C(=O)C(C)N2CCOCC2)c1. The molecule has 1 aromatic rings. The van der Waals surface area contributed by atoms with Gasteiger partial charge in [0.2, 0.25) is 5.91 Å². The van der Waals surface area contributed by atoms with E-state index in [1.165, 1.54) is 0 Å². The molecule has 0 aliphatic carbocycles. The van der Waals surface area contributed by atoms with Crippen LogP contribution in [0.3, 0.4) is 0 Å². The molecule has 1 amide bonds. The predicted molar refractivity (Wildman–Crippen MR) is 95.1 cm³/mol. The van der Waals surface area contributed by atoms with E-state index in [1.54, 1.807) is 14.2 Å². The number of hydrogen-bond acceptors (Lipinski definition) is 5. The van der Waals surface area contributed by atoms with Gasteiger partial charge >= 0.3 is 0 Å². The third-order valence-corrected chi connectivity index (χ3v) is 5.28. The first-order valence-electron chi connectivity index (χ1n) is 9.00. The molecule has 0 N–H and O–H groups in total. The summed E-state index contributed by atoms with van der Waals surface area (Å²) in [7, 11) is 3.33. The van der Waals surface area contributed by atoms with E-state index in [-0.39, 0.29) is 18.0 Å². The van der Waals surface area contributed by atoms with Gasteiger partial charge in [-0.15, -0.1) is 0 Å². The average molecular weight is 348 g/mol. The Bertz CT molecular complexity index is 601. The van der Waals surface area contributed by atoms with Crippen LogP contribution in [0.5, 0.6) is 11.5 Å². The first kappa shape index (κ1) is 18.0. The van der Waals surface area contributed by atoms with Crippen LogP contribution in [0, 0.1) is 0 Å². The number of likely N-dealkylation sites (tertiary alicyclic amines) is 1. The van der Waals surface area contributed by atoms with Crippen molar-refractivity contribution in [3.8, 4) is 11.5 Å². The van der Waals surface area contributed by atoms with Crippen molar-refractivity contribution >= 4 is 5.91 Å². The summed E-state index contributed by atoms with van der Waals surface area (Å²) in [4.78, 5) is 17.4. The van der Waals surface area contributed by atoms with E-state index in [0.29, 0.717) is 13.2 Å². The molecule has 2 unspecified atom stereocenters. The molecule has 0 saturated carbocycles. The van der Waals surface area contributed by atoms with Gasteiger partial charge in [-0.05, 0) is 38.0 Å². The average Bonchev–Trinajstić information content (AvgIpc) is 3.16. The Kier molecular flexibility index (Phi) is 5.81. The zero-order valence-electron chi connectivity index (χ0n) is 15.4. The Balaban J connectivity index is 1.81. The molecule has 138 valence electrons. The number of benzene rings is 1. The summed E-state index contributed by atoms with van der Waals surface area (Å²) in [6.45, 7) is 5.82. The summed E-state index contributed by atoms with van der Waals surface area (Å²) < 4.78 is 16.3. The predicted octanol–water partition coefficient (Wildman–Crippen LogP) is 2.09. The molecule has 25 heavy (non-hydrogen) atoms. The van der Waals surface area contributed by atoms with Gasteiger partial charge in [0.05, 0.1) is 39.5 Å². The first-order valence-corrected chi connectivity index (χ1v) is 9.00. The lowest BCUT2D eigenvalue weighted by Crippen LogP contribution is -2.50. The van der Waals surface area contributed by atoms with Crippen molar-refractivity contribution in [1.29, 1.82) is 0 Å². The highest BCUT2D eigenvalue weighted by atomic mass is 16.5. The van der Waals surface area contributed by atoms with Gasteiger partial charge in [-0.2, -0.15) is 0 Å². The molecule has 2 fully saturated rings. The van der Waals surface area contributed by atoms with E-state index in [9.17, 15) is 4.79 Å². The molecular weight excluding hydrogens is 320 g/mol. The molecule has 6 heteroatoms. The van der Waals surface area contributed by atoms with E-state index < -0.39 is 0 Å². The maximum atomic E-state index is 13.2. The van der Waals surface area contributed by atoms with E-state index in [1.807, 2.05) is 30.0 Å². The minimum absolute atomic E-state index is 0.0426. The molecule has 0 radical (unpaired) electrons. The van der Waals surface area contributed by atoms with Crippen LogP contribution in [-0.2, 0) is 9.53 Å². The highest BCUT2D eigenvalue weighted by molar-refractivity contribution is 5.82. The first-order chi connectivity index (χ1) is 12.2. The van der Waals surface area contributed by atoms with Crippen molar-refractivity contribution in [2.24, 2.45) is 0 Å². The molecular formula is C19H28N2O4. The van der Waals surface area contributed by atoms with Gasteiger partial charge in [-0.3, -0.25) is 9.69 Å². The lowest BCUT2D eigenvalue weighted by Gasteiger charge is -2.35. The lowest BCUT2D eigenvalue weighted by atomic mass is 10.0. The van der Waals surface area contributed by atoms with Crippen molar-refractivity contribution in [3.63, 3.8) is 0 Å². The highest BCUT2D eigenvalue weighted by Crippen LogP contribution is 2.39. The summed E-state index contributed by atoms with van der Waals surface area (Å²) >= 11 is 0. The Hall–Kier alpha value is -1.79. The van der Waals surface area contributed by atoms with Crippen LogP contribution < -0.4 is 9.47 Å². The van der Waals surface area contributed by atoms with Crippen molar-refractivity contribution in [2.45, 2.75) is 31.8 Å². The van der Waals surface area contributed by atoms with Gasteiger partial charge in [0, 0.05) is 25.2 Å². The number of ether oxygens (including phenoxy) is 3. The zero-order chi connectivity index (χ0) is 17.8. The minimum Gasteiger partial charge on any atom is -0.497 e. The van der Waals surface area contributed by atoms with Gasteiger partial charge in [-0.1, -0.05) is 0 Å². The lowest BCUT2D eigenvalue weighted by molar-refractivity contribution is -0.139. The molecule has 1 aromatic carbocycles. The number of nitrogens with zero attached hydrogens (tertiary/aromatic N) is 2. The monoisotopic (exact) mass is 348 g/mol. The Morgan fingerprint density at radius 3 is 2.64 bits per heavy atom. The van der Waals surface area contributed by atoms with Crippen LogP contribution in [0.4, 0.5) is 0 Å². The van der Waals surface area contributed by atoms with Crippen molar-refractivity contribution < 1.29 is 19.0 Å². The van der Waals surface area contributed by atoms with Crippen molar-refractivity contribution in [1.82, 2.24) is 9.80 Å². The molecule has 3 rings (SSSR count). The third kappa shape index (κ3) is 3.75. The largest absolute Gasteiger partial charge is 0.497 e. The number of morpholine rings is 1. The van der Waals surface area contributed by atoms with Crippen LogP contribution in [0.15, 0.2) is 18.2 Å². The second-order valence-electron chi connectivity index (χ2n) is 6.62. The summed E-state index contributed by atoms with van der Waals surface area (Å²) in [6, 6.07) is 5.72.